The van der Waals surface area contributed by atoms with Gasteiger partial charge in [0, 0.05) is 5.56 Å². The molecule has 2 aliphatic carbocycles. The third kappa shape index (κ3) is 1.53. The maximum atomic E-state index is 5.89. The molecule has 0 saturated heterocycles. The summed E-state index contributed by atoms with van der Waals surface area (Å²) < 4.78 is 0. The zero-order valence-corrected chi connectivity index (χ0v) is 11.9. The molecule has 19 heavy (non-hydrogen) atoms. The number of benzene rings is 1. The first kappa shape index (κ1) is 11.5. The van der Waals surface area contributed by atoms with Crippen molar-refractivity contribution in [2.24, 2.45) is 11.8 Å². The zero-order valence-electron chi connectivity index (χ0n) is 11.9. The van der Waals surface area contributed by atoms with Crippen molar-refractivity contribution in [2.75, 3.05) is 0 Å². The van der Waals surface area contributed by atoms with Crippen LogP contribution in [0.4, 0.5) is 0 Å². The summed E-state index contributed by atoms with van der Waals surface area (Å²) in [5, 5.41) is 0. The van der Waals surface area contributed by atoms with Crippen molar-refractivity contribution in [2.45, 2.75) is 46.1 Å². The molecule has 1 aromatic rings. The van der Waals surface area contributed by atoms with E-state index >= 15 is 0 Å². The minimum Gasteiger partial charge on any atom is -0.268 e. The van der Waals surface area contributed by atoms with Gasteiger partial charge in [0.2, 0.25) is 0 Å². The highest BCUT2D eigenvalue weighted by Crippen LogP contribution is 2.53. The summed E-state index contributed by atoms with van der Waals surface area (Å²) >= 11 is 0. The van der Waals surface area contributed by atoms with Crippen LogP contribution >= 0.6 is 0 Å². The second kappa shape index (κ2) is 3.86. The Balaban J connectivity index is 1.88. The van der Waals surface area contributed by atoms with Gasteiger partial charge in [0.1, 0.15) is 6.10 Å². The van der Waals surface area contributed by atoms with E-state index in [2.05, 4.69) is 38.4 Å². The molecule has 2 fully saturated rings. The van der Waals surface area contributed by atoms with Gasteiger partial charge in [-0.05, 0) is 68.6 Å². The summed E-state index contributed by atoms with van der Waals surface area (Å²) in [5.41, 5.74) is 11.5. The predicted octanol–water partition coefficient (Wildman–Crippen LogP) is 3.66. The second-order valence-corrected chi connectivity index (χ2v) is 6.51. The Morgan fingerprint density at radius 1 is 1.11 bits per heavy atom. The van der Waals surface area contributed by atoms with Crippen LogP contribution in [0.15, 0.2) is 17.7 Å². The van der Waals surface area contributed by atoms with Crippen LogP contribution in [0, 0.1) is 32.6 Å². The van der Waals surface area contributed by atoms with Crippen LogP contribution in [0.25, 0.3) is 5.70 Å². The smallest absolute Gasteiger partial charge is 0.112 e. The first-order valence-electron chi connectivity index (χ1n) is 7.39. The van der Waals surface area contributed by atoms with Crippen molar-refractivity contribution in [3.05, 3.63) is 40.0 Å². The van der Waals surface area contributed by atoms with Crippen LogP contribution in [0.5, 0.6) is 0 Å². The summed E-state index contributed by atoms with van der Waals surface area (Å²) in [7, 11) is 0. The van der Waals surface area contributed by atoms with Gasteiger partial charge < -0.3 is 0 Å². The summed E-state index contributed by atoms with van der Waals surface area (Å²) in [6.45, 7) is 6.59. The lowest BCUT2D eigenvalue weighted by Crippen LogP contribution is -2.20. The molecule has 3 unspecified atom stereocenters. The van der Waals surface area contributed by atoms with E-state index in [-0.39, 0.29) is 0 Å². The molecule has 2 heteroatoms. The van der Waals surface area contributed by atoms with E-state index in [1.165, 1.54) is 47.2 Å². The first-order chi connectivity index (χ1) is 9.15. The minimum atomic E-state index is 0.355. The lowest BCUT2D eigenvalue weighted by atomic mass is 9.87. The molecule has 1 N–H and O–H groups in total. The fourth-order valence-corrected chi connectivity index (χ4v) is 4.52. The molecule has 1 aliphatic heterocycles. The van der Waals surface area contributed by atoms with Gasteiger partial charge in [0.15, 0.2) is 0 Å². The van der Waals surface area contributed by atoms with Crippen LogP contribution in [0.1, 0.15) is 41.5 Å². The summed E-state index contributed by atoms with van der Waals surface area (Å²) in [4.78, 5) is 5.89. The molecule has 1 aromatic carbocycles. The van der Waals surface area contributed by atoms with Gasteiger partial charge in [-0.25, -0.2) is 0 Å². The largest absolute Gasteiger partial charge is 0.268 e. The second-order valence-electron chi connectivity index (χ2n) is 6.51. The minimum absolute atomic E-state index is 0.355. The van der Waals surface area contributed by atoms with Crippen molar-refractivity contribution >= 4 is 5.70 Å². The fourth-order valence-electron chi connectivity index (χ4n) is 4.52. The van der Waals surface area contributed by atoms with Crippen LogP contribution in [0.2, 0.25) is 0 Å². The van der Waals surface area contributed by atoms with Crippen LogP contribution < -0.4 is 5.48 Å². The van der Waals surface area contributed by atoms with Gasteiger partial charge in [0.25, 0.3) is 0 Å². The molecular formula is C17H21NO. The molecule has 100 valence electrons. The Morgan fingerprint density at radius 3 is 2.58 bits per heavy atom. The maximum absolute atomic E-state index is 5.89. The lowest BCUT2D eigenvalue weighted by Gasteiger charge is -2.18. The molecule has 2 bridgehead atoms. The molecule has 0 radical (unpaired) electrons. The Hall–Kier alpha value is -1.28. The topological polar surface area (TPSA) is 21.3 Å². The highest BCUT2D eigenvalue weighted by molar-refractivity contribution is 5.75. The van der Waals surface area contributed by atoms with Gasteiger partial charge in [0.05, 0.1) is 5.70 Å². The molecule has 2 nitrogen and oxygen atoms in total. The van der Waals surface area contributed by atoms with Crippen LogP contribution in [0.3, 0.4) is 0 Å². The summed E-state index contributed by atoms with van der Waals surface area (Å²) in [6.07, 6.45) is 4.40. The standard InChI is InChI=1S/C17H21NO/c1-9-6-10(2)14(11(3)7-9)16-15-12-4-5-13(8-12)17(15)19-18-16/h6-7,12-13,17-18H,4-5,8H2,1-3H3. The van der Waals surface area contributed by atoms with Crippen molar-refractivity contribution in [1.82, 2.24) is 5.48 Å². The van der Waals surface area contributed by atoms with Crippen LogP contribution in [-0.4, -0.2) is 6.10 Å². The molecule has 0 amide bonds. The number of hydrogen-bond acceptors (Lipinski definition) is 2. The Morgan fingerprint density at radius 2 is 1.84 bits per heavy atom. The normalized spacial score (nSPS) is 31.8. The summed E-state index contributed by atoms with van der Waals surface area (Å²) in [5.74, 6) is 1.52. The summed E-state index contributed by atoms with van der Waals surface area (Å²) in [6, 6.07) is 4.55. The third-order valence-electron chi connectivity index (χ3n) is 5.15. The molecule has 1 heterocycles. The van der Waals surface area contributed by atoms with E-state index < -0.39 is 0 Å². The number of fused-ring (bicyclic) bond motifs is 5. The molecule has 3 atom stereocenters. The number of nitrogens with one attached hydrogen (secondary N) is 1. The van der Waals surface area contributed by atoms with Gasteiger partial charge in [-0.3, -0.25) is 10.3 Å². The molecule has 0 spiro atoms. The van der Waals surface area contributed by atoms with E-state index in [0.29, 0.717) is 6.10 Å². The van der Waals surface area contributed by atoms with Crippen molar-refractivity contribution in [3.8, 4) is 0 Å². The quantitative estimate of drug-likeness (QED) is 0.827. The zero-order chi connectivity index (χ0) is 13.1. The number of hydrogen-bond donors (Lipinski definition) is 1. The monoisotopic (exact) mass is 255 g/mol. The molecule has 2 saturated carbocycles. The average molecular weight is 255 g/mol. The first-order valence-corrected chi connectivity index (χ1v) is 7.39. The molecular weight excluding hydrogens is 234 g/mol. The highest BCUT2D eigenvalue weighted by Gasteiger charge is 2.49. The number of rotatable bonds is 1. The van der Waals surface area contributed by atoms with Crippen LogP contribution in [-0.2, 0) is 4.84 Å². The Bertz CT molecular complexity index is 564. The third-order valence-corrected chi connectivity index (χ3v) is 5.15. The van der Waals surface area contributed by atoms with Gasteiger partial charge >= 0.3 is 0 Å². The Labute approximate surface area is 114 Å². The molecule has 3 aliphatic rings. The van der Waals surface area contributed by atoms with E-state index in [4.69, 9.17) is 4.84 Å². The SMILES string of the molecule is Cc1cc(C)c(C2=C3C4CCC(C4)C3ON2)c(C)c1. The van der Waals surface area contributed by atoms with Crippen molar-refractivity contribution < 1.29 is 4.84 Å². The Kier molecular flexibility index (Phi) is 2.34. The van der Waals surface area contributed by atoms with Crippen molar-refractivity contribution in [1.29, 1.82) is 0 Å². The molecule has 4 rings (SSSR count). The average Bonchev–Trinajstić information content (AvgIpc) is 2.98. The number of aryl methyl sites for hydroxylation is 3. The van der Waals surface area contributed by atoms with E-state index in [1.807, 2.05) is 0 Å². The predicted molar refractivity (Wildman–Crippen MR) is 76.4 cm³/mol. The van der Waals surface area contributed by atoms with Crippen molar-refractivity contribution in [3.63, 3.8) is 0 Å². The highest BCUT2D eigenvalue weighted by atomic mass is 16.7. The van der Waals surface area contributed by atoms with Gasteiger partial charge in [-0.2, -0.15) is 0 Å². The van der Waals surface area contributed by atoms with E-state index in [0.717, 1.165) is 11.8 Å². The van der Waals surface area contributed by atoms with E-state index in [1.54, 1.807) is 5.57 Å². The maximum Gasteiger partial charge on any atom is 0.112 e. The fraction of sp³-hybridized carbons (Fsp3) is 0.529. The van der Waals surface area contributed by atoms with E-state index in [9.17, 15) is 0 Å². The van der Waals surface area contributed by atoms with Gasteiger partial charge in [-0.15, -0.1) is 0 Å². The lowest BCUT2D eigenvalue weighted by molar-refractivity contribution is 0.0184. The van der Waals surface area contributed by atoms with Gasteiger partial charge in [-0.1, -0.05) is 17.7 Å². The molecule has 0 aromatic heterocycles. The number of hydroxylamine groups is 1.